The van der Waals surface area contributed by atoms with E-state index in [4.69, 9.17) is 24.4 Å². The molecule has 0 amide bonds. The number of para-hydroxylation sites is 1. The Kier molecular flexibility index (Phi) is 6.97. The van der Waals surface area contributed by atoms with Crippen molar-refractivity contribution in [3.8, 4) is 55.9 Å². The van der Waals surface area contributed by atoms with Gasteiger partial charge in [0, 0.05) is 38.6 Å². The van der Waals surface area contributed by atoms with Crippen LogP contribution in [0.25, 0.3) is 110 Å². The van der Waals surface area contributed by atoms with Crippen LogP contribution in [0.2, 0.25) is 0 Å². The summed E-state index contributed by atoms with van der Waals surface area (Å²) in [7, 11) is 0. The predicted octanol–water partition coefficient (Wildman–Crippen LogP) is 13.0. The van der Waals surface area contributed by atoms with Gasteiger partial charge in [0.1, 0.15) is 16.2 Å². The molecule has 0 fully saturated rings. The quantitative estimate of drug-likeness (QED) is 0.178. The van der Waals surface area contributed by atoms with Gasteiger partial charge >= 0.3 is 0 Å². The predicted molar refractivity (Wildman–Crippen MR) is 222 cm³/mol. The first kappa shape index (κ1) is 30.6. The fourth-order valence-electron chi connectivity index (χ4n) is 7.58. The first-order valence-corrected chi connectivity index (χ1v) is 18.7. The molecular formula is C48H28N4OS. The standard InChI is InChI=1S/C48H28N4OS/c1-3-14-30(15-4-1)45-50-46(31-16-5-2-6-17-31)52-47(51-45)37-26-25-36(34-19-9-10-20-35(34)37)39-28-41-42(38-21-11-12-22-40(38)53-41)44-43(39)49-48(54-44)33-24-23-29-13-7-8-18-32(29)27-33/h1-28H. The molecule has 8 aromatic carbocycles. The lowest BCUT2D eigenvalue weighted by Gasteiger charge is -2.13. The molecule has 0 spiro atoms. The van der Waals surface area contributed by atoms with Crippen molar-refractivity contribution < 1.29 is 4.42 Å². The van der Waals surface area contributed by atoms with E-state index in [0.29, 0.717) is 17.5 Å². The lowest BCUT2D eigenvalue weighted by atomic mass is 9.93. The van der Waals surface area contributed by atoms with Gasteiger partial charge in [-0.3, -0.25) is 0 Å². The van der Waals surface area contributed by atoms with Crippen LogP contribution in [-0.2, 0) is 0 Å². The highest BCUT2D eigenvalue weighted by Gasteiger charge is 2.22. The summed E-state index contributed by atoms with van der Waals surface area (Å²) in [4.78, 5) is 20.5. The Bertz CT molecular complexity index is 3170. The maximum absolute atomic E-state index is 6.56. The Morgan fingerprint density at radius 3 is 1.72 bits per heavy atom. The Labute approximate surface area is 313 Å². The van der Waals surface area contributed by atoms with Crippen molar-refractivity contribution in [1.82, 2.24) is 19.9 Å². The average molecular weight is 709 g/mol. The zero-order valence-electron chi connectivity index (χ0n) is 28.8. The number of furan rings is 1. The monoisotopic (exact) mass is 708 g/mol. The van der Waals surface area contributed by atoms with E-state index in [9.17, 15) is 0 Å². The van der Waals surface area contributed by atoms with Crippen molar-refractivity contribution in [2.24, 2.45) is 0 Å². The second kappa shape index (κ2) is 12.3. The number of benzene rings is 8. The van der Waals surface area contributed by atoms with Crippen molar-refractivity contribution in [2.75, 3.05) is 0 Å². The van der Waals surface area contributed by atoms with Gasteiger partial charge in [0.25, 0.3) is 0 Å². The molecule has 11 rings (SSSR count). The van der Waals surface area contributed by atoms with Crippen LogP contribution in [0.1, 0.15) is 0 Å². The second-order valence-electron chi connectivity index (χ2n) is 13.4. The Balaban J connectivity index is 1.15. The number of hydrogen-bond donors (Lipinski definition) is 0. The van der Waals surface area contributed by atoms with Gasteiger partial charge in [-0.25, -0.2) is 19.9 Å². The van der Waals surface area contributed by atoms with Gasteiger partial charge in [-0.15, -0.1) is 11.3 Å². The van der Waals surface area contributed by atoms with Gasteiger partial charge in [-0.1, -0.05) is 146 Å². The molecule has 54 heavy (non-hydrogen) atoms. The fourth-order valence-corrected chi connectivity index (χ4v) is 8.72. The Morgan fingerprint density at radius 2 is 0.981 bits per heavy atom. The summed E-state index contributed by atoms with van der Waals surface area (Å²) in [5.74, 6) is 1.89. The van der Waals surface area contributed by atoms with Gasteiger partial charge in [-0.2, -0.15) is 0 Å². The van der Waals surface area contributed by atoms with Gasteiger partial charge in [0.2, 0.25) is 0 Å². The molecule has 0 bridgehead atoms. The summed E-state index contributed by atoms with van der Waals surface area (Å²) in [5, 5.41) is 7.69. The minimum Gasteiger partial charge on any atom is -0.456 e. The number of thiazole rings is 1. The van der Waals surface area contributed by atoms with E-state index in [1.807, 2.05) is 72.8 Å². The molecule has 5 nitrogen and oxygen atoms in total. The molecule has 3 aromatic heterocycles. The van der Waals surface area contributed by atoms with Crippen LogP contribution in [0.3, 0.4) is 0 Å². The maximum Gasteiger partial charge on any atom is 0.164 e. The highest BCUT2D eigenvalue weighted by atomic mass is 32.1. The molecule has 0 aliphatic rings. The third-order valence-electron chi connectivity index (χ3n) is 10.2. The third kappa shape index (κ3) is 4.99. The first-order chi connectivity index (χ1) is 26.7. The summed E-state index contributed by atoms with van der Waals surface area (Å²) in [6, 6.07) is 58.5. The number of hydrogen-bond acceptors (Lipinski definition) is 6. The summed E-state index contributed by atoms with van der Waals surface area (Å²) in [6.45, 7) is 0. The number of fused-ring (bicyclic) bond motifs is 7. The summed E-state index contributed by atoms with van der Waals surface area (Å²) in [5.41, 5.74) is 8.66. The minimum absolute atomic E-state index is 0.621. The van der Waals surface area contributed by atoms with E-state index >= 15 is 0 Å². The normalized spacial score (nSPS) is 11.7. The van der Waals surface area contributed by atoms with Crippen molar-refractivity contribution in [3.05, 3.63) is 170 Å². The smallest absolute Gasteiger partial charge is 0.164 e. The molecule has 0 aliphatic heterocycles. The maximum atomic E-state index is 6.56. The lowest BCUT2D eigenvalue weighted by Crippen LogP contribution is -2.00. The molecule has 11 aromatic rings. The SMILES string of the molecule is c1ccc(-c2nc(-c3ccccc3)nc(-c3ccc(-c4cc5oc6ccccc6c5c5sc(-c6ccc7ccccc7c6)nc45)c4ccccc34)n2)cc1. The second-order valence-corrected chi connectivity index (χ2v) is 14.4. The first-order valence-electron chi connectivity index (χ1n) is 17.9. The van der Waals surface area contributed by atoms with Crippen molar-refractivity contribution in [2.45, 2.75) is 0 Å². The van der Waals surface area contributed by atoms with E-state index in [0.717, 1.165) is 81.3 Å². The van der Waals surface area contributed by atoms with E-state index in [2.05, 4.69) is 97.1 Å². The molecular weight excluding hydrogens is 681 g/mol. The molecule has 0 N–H and O–H groups in total. The van der Waals surface area contributed by atoms with Crippen LogP contribution < -0.4 is 0 Å². The molecule has 0 saturated heterocycles. The van der Waals surface area contributed by atoms with Crippen molar-refractivity contribution in [3.63, 3.8) is 0 Å². The number of rotatable bonds is 5. The van der Waals surface area contributed by atoms with Crippen LogP contribution in [0, 0.1) is 0 Å². The Hall–Kier alpha value is -7.02. The highest BCUT2D eigenvalue weighted by Crippen LogP contribution is 2.46. The van der Waals surface area contributed by atoms with Crippen molar-refractivity contribution >= 4 is 65.0 Å². The topological polar surface area (TPSA) is 64.7 Å². The van der Waals surface area contributed by atoms with Crippen LogP contribution in [-0.4, -0.2) is 19.9 Å². The van der Waals surface area contributed by atoms with E-state index in [1.165, 1.54) is 10.8 Å². The minimum atomic E-state index is 0.621. The zero-order chi connectivity index (χ0) is 35.6. The van der Waals surface area contributed by atoms with Crippen LogP contribution in [0.4, 0.5) is 0 Å². The van der Waals surface area contributed by atoms with Crippen LogP contribution >= 0.6 is 11.3 Å². The van der Waals surface area contributed by atoms with E-state index < -0.39 is 0 Å². The summed E-state index contributed by atoms with van der Waals surface area (Å²) in [6.07, 6.45) is 0. The van der Waals surface area contributed by atoms with Crippen LogP contribution in [0.15, 0.2) is 174 Å². The Morgan fingerprint density at radius 1 is 0.389 bits per heavy atom. The van der Waals surface area contributed by atoms with Crippen LogP contribution in [0.5, 0.6) is 0 Å². The van der Waals surface area contributed by atoms with Gasteiger partial charge in [-0.05, 0) is 51.4 Å². The molecule has 0 unspecified atom stereocenters. The molecule has 6 heteroatoms. The zero-order valence-corrected chi connectivity index (χ0v) is 29.6. The van der Waals surface area contributed by atoms with Crippen molar-refractivity contribution in [1.29, 1.82) is 0 Å². The summed E-state index contributed by atoms with van der Waals surface area (Å²) < 4.78 is 7.68. The fraction of sp³-hybridized carbons (Fsp3) is 0. The van der Waals surface area contributed by atoms with E-state index in [-0.39, 0.29) is 0 Å². The molecule has 252 valence electrons. The molecule has 3 heterocycles. The number of nitrogens with zero attached hydrogens (tertiary/aromatic N) is 4. The third-order valence-corrected chi connectivity index (χ3v) is 11.3. The lowest BCUT2D eigenvalue weighted by molar-refractivity contribution is 0.669. The highest BCUT2D eigenvalue weighted by molar-refractivity contribution is 7.22. The molecule has 0 aliphatic carbocycles. The molecule has 0 saturated carbocycles. The largest absolute Gasteiger partial charge is 0.456 e. The molecule has 0 atom stereocenters. The number of aromatic nitrogens is 4. The van der Waals surface area contributed by atoms with Gasteiger partial charge in [0.15, 0.2) is 17.5 Å². The van der Waals surface area contributed by atoms with Gasteiger partial charge in [0.05, 0.1) is 10.2 Å². The summed E-state index contributed by atoms with van der Waals surface area (Å²) >= 11 is 1.72. The van der Waals surface area contributed by atoms with Gasteiger partial charge < -0.3 is 4.42 Å². The molecule has 0 radical (unpaired) electrons. The van der Waals surface area contributed by atoms with E-state index in [1.54, 1.807) is 11.3 Å². The average Bonchev–Trinajstić information content (AvgIpc) is 3.86.